The lowest BCUT2D eigenvalue weighted by Gasteiger charge is -2.15. The summed E-state index contributed by atoms with van der Waals surface area (Å²) in [6.45, 7) is 0. The molecule has 0 fully saturated rings. The predicted molar refractivity (Wildman–Crippen MR) is 121 cm³/mol. The van der Waals surface area contributed by atoms with Gasteiger partial charge in [0.05, 0.1) is 31.1 Å². The number of aryl methyl sites for hydroxylation is 1. The Kier molecular flexibility index (Phi) is 5.98. The molecule has 2 aromatic carbocycles. The lowest BCUT2D eigenvalue weighted by Crippen LogP contribution is -2.05. The molecule has 0 saturated heterocycles. The van der Waals surface area contributed by atoms with Crippen LogP contribution in [0.4, 0.5) is 11.4 Å². The summed E-state index contributed by atoms with van der Waals surface area (Å²) in [5, 5.41) is 12.5. The molecule has 6 heteroatoms. The number of methoxy groups -OCH3 is 1. The molecule has 0 aliphatic rings. The molecule has 0 aliphatic carbocycles. The molecule has 0 unspecified atom stereocenters. The molecule has 0 amide bonds. The zero-order chi connectivity index (χ0) is 21.6. The molecular formula is C25H23N3O3. The summed E-state index contributed by atoms with van der Waals surface area (Å²) in [6, 6.07) is 23.8. The largest absolute Gasteiger partial charge is 0.497 e. The first-order chi connectivity index (χ1) is 15.1. The minimum Gasteiger partial charge on any atom is -0.497 e. The molecule has 2 heterocycles. The van der Waals surface area contributed by atoms with Crippen LogP contribution in [0.1, 0.15) is 12.1 Å². The molecule has 0 aliphatic heterocycles. The van der Waals surface area contributed by atoms with Gasteiger partial charge >= 0.3 is 5.97 Å². The van der Waals surface area contributed by atoms with Crippen LogP contribution in [0.15, 0.2) is 85.2 Å². The molecule has 0 saturated carbocycles. The second-order valence-electron chi connectivity index (χ2n) is 7.08. The molecule has 31 heavy (non-hydrogen) atoms. The summed E-state index contributed by atoms with van der Waals surface area (Å²) in [7, 11) is 1.64. The maximum Gasteiger partial charge on any atom is 0.303 e. The summed E-state index contributed by atoms with van der Waals surface area (Å²) in [5.41, 5.74) is 5.80. The van der Waals surface area contributed by atoms with Crippen LogP contribution >= 0.6 is 0 Å². The number of ether oxygens (including phenoxy) is 1. The van der Waals surface area contributed by atoms with Crippen LogP contribution in [0.5, 0.6) is 5.75 Å². The average Bonchev–Trinajstić information content (AvgIpc) is 3.23. The van der Waals surface area contributed by atoms with Crippen molar-refractivity contribution in [2.24, 2.45) is 0 Å². The van der Waals surface area contributed by atoms with E-state index in [9.17, 15) is 4.79 Å². The molecular weight excluding hydrogens is 390 g/mol. The van der Waals surface area contributed by atoms with Crippen molar-refractivity contribution >= 4 is 17.3 Å². The summed E-state index contributed by atoms with van der Waals surface area (Å²) in [4.78, 5) is 15.3. The summed E-state index contributed by atoms with van der Waals surface area (Å²) in [6.07, 6.45) is 4.03. The van der Waals surface area contributed by atoms with Gasteiger partial charge in [-0.3, -0.25) is 9.78 Å². The lowest BCUT2D eigenvalue weighted by atomic mass is 10.1. The summed E-state index contributed by atoms with van der Waals surface area (Å²) in [5.74, 6) is -0.0199. The second-order valence-corrected chi connectivity index (χ2v) is 7.08. The van der Waals surface area contributed by atoms with Gasteiger partial charge in [-0.2, -0.15) is 0 Å². The van der Waals surface area contributed by atoms with Crippen LogP contribution in [0.3, 0.4) is 0 Å². The van der Waals surface area contributed by atoms with E-state index in [1.165, 1.54) is 0 Å². The number of carbonyl (C=O) groups is 1. The molecule has 6 nitrogen and oxygen atoms in total. The van der Waals surface area contributed by atoms with Gasteiger partial charge in [-0.15, -0.1) is 0 Å². The third-order valence-corrected chi connectivity index (χ3v) is 5.02. The average molecular weight is 413 g/mol. The van der Waals surface area contributed by atoms with Crippen LogP contribution in [-0.4, -0.2) is 27.7 Å². The minimum atomic E-state index is -0.810. The predicted octanol–water partition coefficient (Wildman–Crippen LogP) is 5.31. The van der Waals surface area contributed by atoms with E-state index >= 15 is 0 Å². The van der Waals surface area contributed by atoms with Gasteiger partial charge in [0.25, 0.3) is 0 Å². The van der Waals surface area contributed by atoms with Crippen LogP contribution < -0.4 is 10.1 Å². The summed E-state index contributed by atoms with van der Waals surface area (Å²) >= 11 is 0. The van der Waals surface area contributed by atoms with Crippen molar-refractivity contribution < 1.29 is 14.6 Å². The standard InChI is InChI=1S/C25H23N3O3/c1-31-23-12-4-18(5-13-23)24-14-10-22(11-15-25(29)30)28(24)21-8-6-19(7-9-21)27-20-3-2-16-26-17-20/h2-10,12-14,16-17,27H,11,15H2,1H3,(H,29,30). The summed E-state index contributed by atoms with van der Waals surface area (Å²) < 4.78 is 7.38. The minimum absolute atomic E-state index is 0.0761. The molecule has 2 aromatic heterocycles. The van der Waals surface area contributed by atoms with Gasteiger partial charge in [0.1, 0.15) is 5.75 Å². The fraction of sp³-hybridized carbons (Fsp3) is 0.120. The second kappa shape index (κ2) is 9.17. The van der Waals surface area contributed by atoms with Crippen molar-refractivity contribution in [2.75, 3.05) is 12.4 Å². The topological polar surface area (TPSA) is 76.4 Å². The number of carboxylic acids is 1. The number of carboxylic acid groups (broad SMARTS) is 1. The van der Waals surface area contributed by atoms with Gasteiger partial charge in [0, 0.05) is 23.3 Å². The Morgan fingerprint density at radius 3 is 2.42 bits per heavy atom. The number of benzene rings is 2. The molecule has 0 bridgehead atoms. The number of nitrogens with zero attached hydrogens (tertiary/aromatic N) is 2. The van der Waals surface area contributed by atoms with E-state index in [1.54, 1.807) is 19.5 Å². The molecule has 0 atom stereocenters. The van der Waals surface area contributed by atoms with E-state index in [-0.39, 0.29) is 6.42 Å². The highest BCUT2D eigenvalue weighted by atomic mass is 16.5. The Morgan fingerprint density at radius 2 is 1.77 bits per heavy atom. The number of hydrogen-bond donors (Lipinski definition) is 2. The normalized spacial score (nSPS) is 10.6. The van der Waals surface area contributed by atoms with Crippen LogP contribution in [0.2, 0.25) is 0 Å². The van der Waals surface area contributed by atoms with Gasteiger partial charge in [0.2, 0.25) is 0 Å². The van der Waals surface area contributed by atoms with Gasteiger partial charge in [0.15, 0.2) is 0 Å². The van der Waals surface area contributed by atoms with E-state index < -0.39 is 5.97 Å². The molecule has 4 aromatic rings. The van der Waals surface area contributed by atoms with Crippen molar-refractivity contribution in [1.82, 2.24) is 9.55 Å². The Morgan fingerprint density at radius 1 is 1.00 bits per heavy atom. The first kappa shape index (κ1) is 20.2. The van der Waals surface area contributed by atoms with Crippen molar-refractivity contribution in [3.05, 3.63) is 90.9 Å². The van der Waals surface area contributed by atoms with Crippen LogP contribution in [-0.2, 0) is 11.2 Å². The van der Waals surface area contributed by atoms with Crippen LogP contribution in [0, 0.1) is 0 Å². The molecule has 4 rings (SSSR count). The molecule has 0 spiro atoms. The van der Waals surface area contributed by atoms with Gasteiger partial charge < -0.3 is 19.7 Å². The fourth-order valence-electron chi connectivity index (χ4n) is 3.50. The van der Waals surface area contributed by atoms with Gasteiger partial charge in [-0.05, 0) is 84.8 Å². The van der Waals surface area contributed by atoms with Crippen molar-refractivity contribution in [1.29, 1.82) is 0 Å². The van der Waals surface area contributed by atoms with Crippen molar-refractivity contribution in [3.63, 3.8) is 0 Å². The molecule has 156 valence electrons. The van der Waals surface area contributed by atoms with E-state index in [0.29, 0.717) is 6.42 Å². The third-order valence-electron chi connectivity index (χ3n) is 5.02. The SMILES string of the molecule is COc1ccc(-c2ccc(CCC(=O)O)n2-c2ccc(Nc3cccnc3)cc2)cc1. The Hall–Kier alpha value is -4.06. The first-order valence-electron chi connectivity index (χ1n) is 9.98. The smallest absolute Gasteiger partial charge is 0.303 e. The number of hydrogen-bond acceptors (Lipinski definition) is 4. The van der Waals surface area contributed by atoms with Crippen molar-refractivity contribution in [2.45, 2.75) is 12.8 Å². The van der Waals surface area contributed by atoms with Gasteiger partial charge in [-0.1, -0.05) is 0 Å². The van der Waals surface area contributed by atoms with E-state index in [2.05, 4.69) is 14.9 Å². The number of pyridine rings is 1. The number of anilines is 2. The fourth-order valence-corrected chi connectivity index (χ4v) is 3.50. The highest BCUT2D eigenvalue weighted by molar-refractivity contribution is 5.69. The number of aromatic nitrogens is 2. The third kappa shape index (κ3) is 4.75. The van der Waals surface area contributed by atoms with Crippen molar-refractivity contribution in [3.8, 4) is 22.7 Å². The number of rotatable bonds is 8. The highest BCUT2D eigenvalue weighted by Gasteiger charge is 2.13. The van der Waals surface area contributed by atoms with E-state index in [1.807, 2.05) is 72.8 Å². The van der Waals surface area contributed by atoms with E-state index in [0.717, 1.165) is 39.8 Å². The zero-order valence-electron chi connectivity index (χ0n) is 17.2. The Balaban J connectivity index is 1.68. The highest BCUT2D eigenvalue weighted by Crippen LogP contribution is 2.29. The number of nitrogens with one attached hydrogen (secondary N) is 1. The first-order valence-corrected chi connectivity index (χ1v) is 9.98. The van der Waals surface area contributed by atoms with E-state index in [4.69, 9.17) is 9.84 Å². The van der Waals surface area contributed by atoms with Gasteiger partial charge in [-0.25, -0.2) is 0 Å². The number of aliphatic carboxylic acids is 1. The molecule has 0 radical (unpaired) electrons. The maximum absolute atomic E-state index is 11.1. The van der Waals surface area contributed by atoms with Crippen LogP contribution in [0.25, 0.3) is 16.9 Å². The Bertz CT molecular complexity index is 1150. The quantitative estimate of drug-likeness (QED) is 0.409. The lowest BCUT2D eigenvalue weighted by molar-refractivity contribution is -0.136. The maximum atomic E-state index is 11.1. The zero-order valence-corrected chi connectivity index (χ0v) is 17.2. The monoisotopic (exact) mass is 413 g/mol. The Labute approximate surface area is 180 Å². The molecule has 2 N–H and O–H groups in total.